The summed E-state index contributed by atoms with van der Waals surface area (Å²) in [7, 11) is 0. The van der Waals surface area contributed by atoms with Crippen molar-refractivity contribution in [2.24, 2.45) is 0 Å². The van der Waals surface area contributed by atoms with Gasteiger partial charge in [-0.25, -0.2) is 9.78 Å². The lowest BCUT2D eigenvalue weighted by Crippen LogP contribution is -2.37. The Morgan fingerprint density at radius 3 is 2.67 bits per heavy atom. The Morgan fingerprint density at radius 1 is 1.25 bits per heavy atom. The van der Waals surface area contributed by atoms with Crippen molar-refractivity contribution in [3.05, 3.63) is 54.1 Å². The summed E-state index contributed by atoms with van der Waals surface area (Å²) in [5, 5.41) is 5.91. The predicted molar refractivity (Wildman–Crippen MR) is 96.5 cm³/mol. The molecule has 0 fully saturated rings. The number of benzene rings is 1. The van der Waals surface area contributed by atoms with Gasteiger partial charge in [-0.15, -0.1) is 0 Å². The smallest absolute Gasteiger partial charge is 0.319 e. The number of aromatic nitrogens is 2. The van der Waals surface area contributed by atoms with Crippen molar-refractivity contribution >= 4 is 11.7 Å². The highest BCUT2D eigenvalue weighted by Gasteiger charge is 2.14. The van der Waals surface area contributed by atoms with Crippen molar-refractivity contribution < 1.29 is 4.79 Å². The van der Waals surface area contributed by atoms with Gasteiger partial charge in [0.2, 0.25) is 0 Å². The van der Waals surface area contributed by atoms with Gasteiger partial charge in [0.05, 0.1) is 0 Å². The van der Waals surface area contributed by atoms with E-state index in [0.29, 0.717) is 0 Å². The van der Waals surface area contributed by atoms with Crippen LogP contribution in [0.4, 0.5) is 10.5 Å². The van der Waals surface area contributed by atoms with Gasteiger partial charge in [-0.1, -0.05) is 11.6 Å². The lowest BCUT2D eigenvalue weighted by atomic mass is 9.95. The number of nitrogens with one attached hydrogen (secondary N) is 2. The lowest BCUT2D eigenvalue weighted by molar-refractivity contribution is 0.250. The quantitative estimate of drug-likeness (QED) is 0.828. The van der Waals surface area contributed by atoms with E-state index in [0.717, 1.165) is 30.0 Å². The van der Waals surface area contributed by atoms with Gasteiger partial charge >= 0.3 is 6.03 Å². The number of anilines is 1. The van der Waals surface area contributed by atoms with Crippen molar-refractivity contribution in [2.45, 2.75) is 45.6 Å². The van der Waals surface area contributed by atoms with Crippen LogP contribution < -0.4 is 10.6 Å². The molecule has 1 aliphatic carbocycles. The second-order valence-electron chi connectivity index (χ2n) is 6.24. The van der Waals surface area contributed by atoms with Crippen molar-refractivity contribution in [2.75, 3.05) is 5.32 Å². The van der Waals surface area contributed by atoms with Crippen LogP contribution in [-0.2, 0) is 0 Å². The molecule has 3 rings (SSSR count). The monoisotopic (exact) mass is 324 g/mol. The van der Waals surface area contributed by atoms with E-state index < -0.39 is 0 Å². The number of hydrogen-bond donors (Lipinski definition) is 2. The zero-order chi connectivity index (χ0) is 16.9. The third kappa shape index (κ3) is 3.85. The first kappa shape index (κ1) is 16.3. The summed E-state index contributed by atoms with van der Waals surface area (Å²) in [6.07, 6.45) is 10.6. The van der Waals surface area contributed by atoms with E-state index in [9.17, 15) is 4.79 Å². The number of carbonyl (C=O) groups is 1. The number of rotatable bonds is 4. The molecule has 0 radical (unpaired) electrons. The van der Waals surface area contributed by atoms with Crippen LogP contribution >= 0.6 is 0 Å². The van der Waals surface area contributed by atoms with Crippen molar-refractivity contribution in [1.82, 2.24) is 14.9 Å². The molecular formula is C19H24N4O. The van der Waals surface area contributed by atoms with Crippen LogP contribution in [0.1, 0.15) is 38.4 Å². The molecule has 1 atom stereocenters. The summed E-state index contributed by atoms with van der Waals surface area (Å²) in [5.74, 6) is 0.933. The highest BCUT2D eigenvalue weighted by molar-refractivity contribution is 5.89. The van der Waals surface area contributed by atoms with Crippen molar-refractivity contribution in [3.63, 3.8) is 0 Å². The van der Waals surface area contributed by atoms with E-state index >= 15 is 0 Å². The van der Waals surface area contributed by atoms with Gasteiger partial charge < -0.3 is 15.2 Å². The maximum Gasteiger partial charge on any atom is 0.319 e. The fourth-order valence-corrected chi connectivity index (χ4v) is 3.07. The average molecular weight is 324 g/mol. The van der Waals surface area contributed by atoms with Gasteiger partial charge in [-0.3, -0.25) is 0 Å². The van der Waals surface area contributed by atoms with Gasteiger partial charge in [0.15, 0.2) is 0 Å². The molecule has 1 aliphatic rings. The first-order chi connectivity index (χ1) is 11.6. The Kier molecular flexibility index (Phi) is 4.99. The van der Waals surface area contributed by atoms with E-state index in [1.165, 1.54) is 18.4 Å². The highest BCUT2D eigenvalue weighted by Crippen LogP contribution is 2.20. The molecule has 0 saturated heterocycles. The Bertz CT molecular complexity index is 730. The topological polar surface area (TPSA) is 59.0 Å². The van der Waals surface area contributed by atoms with Crippen LogP contribution in [0.3, 0.4) is 0 Å². The molecular weight excluding hydrogens is 300 g/mol. The summed E-state index contributed by atoms with van der Waals surface area (Å²) < 4.78 is 2.00. The second kappa shape index (κ2) is 7.34. The van der Waals surface area contributed by atoms with Crippen LogP contribution in [0.5, 0.6) is 0 Å². The summed E-state index contributed by atoms with van der Waals surface area (Å²) in [6, 6.07) is 7.66. The van der Waals surface area contributed by atoms with Gasteiger partial charge in [-0.2, -0.15) is 0 Å². The highest BCUT2D eigenvalue weighted by atomic mass is 16.2. The summed E-state index contributed by atoms with van der Waals surface area (Å²) in [5.41, 5.74) is 3.14. The number of aryl methyl sites for hydroxylation is 1. The van der Waals surface area contributed by atoms with Gasteiger partial charge in [0.25, 0.3) is 0 Å². The van der Waals surface area contributed by atoms with Crippen molar-refractivity contribution in [3.8, 4) is 5.69 Å². The van der Waals surface area contributed by atoms with Gasteiger partial charge in [-0.05, 0) is 63.8 Å². The van der Waals surface area contributed by atoms with Crippen LogP contribution in [0.15, 0.2) is 48.3 Å². The third-order valence-corrected chi connectivity index (χ3v) is 4.46. The molecule has 1 aromatic heterocycles. The Labute approximate surface area is 142 Å². The molecule has 1 aromatic carbocycles. The molecule has 24 heavy (non-hydrogen) atoms. The number of carbonyl (C=O) groups excluding carboxylic acids is 1. The molecule has 0 aliphatic heterocycles. The molecule has 0 unspecified atom stereocenters. The van der Waals surface area contributed by atoms with Gasteiger partial charge in [0, 0.05) is 29.8 Å². The standard InChI is InChI=1S/C19H24N4O/c1-14(16-6-4-3-5-7-16)21-19(24)22-17-8-10-18(11-9-17)23-13-12-20-15(23)2/h6,8-14H,3-5,7H2,1-2H3,(H2,21,22,24)/t14-/m0/s1. The zero-order valence-corrected chi connectivity index (χ0v) is 14.2. The average Bonchev–Trinajstić information content (AvgIpc) is 3.02. The Morgan fingerprint density at radius 2 is 2.04 bits per heavy atom. The molecule has 126 valence electrons. The first-order valence-electron chi connectivity index (χ1n) is 8.50. The molecule has 0 spiro atoms. The predicted octanol–water partition coefficient (Wildman–Crippen LogP) is 4.19. The van der Waals surface area contributed by atoms with Crippen LogP contribution in [0, 0.1) is 6.92 Å². The SMILES string of the molecule is Cc1nccn1-c1ccc(NC(=O)N[C@@H](C)C2=CCCCC2)cc1. The van der Waals surface area contributed by atoms with E-state index in [-0.39, 0.29) is 12.1 Å². The number of nitrogens with zero attached hydrogens (tertiary/aromatic N) is 2. The summed E-state index contributed by atoms with van der Waals surface area (Å²) in [6.45, 7) is 4.00. The lowest BCUT2D eigenvalue weighted by Gasteiger charge is -2.21. The fourth-order valence-electron chi connectivity index (χ4n) is 3.07. The maximum atomic E-state index is 12.2. The fraction of sp³-hybridized carbons (Fsp3) is 0.368. The Balaban J connectivity index is 1.58. The summed E-state index contributed by atoms with van der Waals surface area (Å²) in [4.78, 5) is 16.4. The number of allylic oxidation sites excluding steroid dienone is 1. The number of urea groups is 1. The molecule has 1 heterocycles. The van der Waals surface area contributed by atoms with Crippen LogP contribution in [0.2, 0.25) is 0 Å². The number of amides is 2. The van der Waals surface area contributed by atoms with Gasteiger partial charge in [0.1, 0.15) is 5.82 Å². The third-order valence-electron chi connectivity index (χ3n) is 4.46. The normalized spacial score (nSPS) is 15.5. The van der Waals surface area contributed by atoms with E-state index in [4.69, 9.17) is 0 Å². The number of hydrogen-bond acceptors (Lipinski definition) is 2. The van der Waals surface area contributed by atoms with E-state index in [2.05, 4.69) is 21.7 Å². The van der Waals surface area contributed by atoms with Crippen LogP contribution in [0.25, 0.3) is 5.69 Å². The minimum Gasteiger partial charge on any atom is -0.332 e. The molecule has 2 N–H and O–H groups in total. The number of imidazole rings is 1. The molecule has 2 amide bonds. The molecule has 0 saturated carbocycles. The molecule has 5 nitrogen and oxygen atoms in total. The zero-order valence-electron chi connectivity index (χ0n) is 14.2. The molecule has 2 aromatic rings. The van der Waals surface area contributed by atoms with E-state index in [1.54, 1.807) is 6.20 Å². The maximum absolute atomic E-state index is 12.2. The first-order valence-corrected chi connectivity index (χ1v) is 8.50. The largest absolute Gasteiger partial charge is 0.332 e. The summed E-state index contributed by atoms with van der Waals surface area (Å²) >= 11 is 0. The molecule has 5 heteroatoms. The minimum absolute atomic E-state index is 0.0816. The van der Waals surface area contributed by atoms with Crippen LogP contribution in [-0.4, -0.2) is 21.6 Å². The van der Waals surface area contributed by atoms with E-state index in [1.807, 2.05) is 48.9 Å². The Hall–Kier alpha value is -2.56. The second-order valence-corrected chi connectivity index (χ2v) is 6.24. The van der Waals surface area contributed by atoms with Crippen molar-refractivity contribution in [1.29, 1.82) is 0 Å². The minimum atomic E-state index is -0.166. The molecule has 0 bridgehead atoms.